The van der Waals surface area contributed by atoms with Crippen LogP contribution in [0.4, 0.5) is 0 Å². The summed E-state index contributed by atoms with van der Waals surface area (Å²) in [6, 6.07) is 18.3. The van der Waals surface area contributed by atoms with Crippen LogP contribution >= 0.6 is 23.1 Å². The van der Waals surface area contributed by atoms with Crippen molar-refractivity contribution in [1.82, 2.24) is 4.57 Å². The van der Waals surface area contributed by atoms with Gasteiger partial charge in [0.1, 0.15) is 0 Å². The summed E-state index contributed by atoms with van der Waals surface area (Å²) in [5.74, 6) is -1.66. The summed E-state index contributed by atoms with van der Waals surface area (Å²) < 4.78 is 1.28. The molecule has 5 nitrogen and oxygen atoms in total. The molecule has 1 aromatic heterocycles. The fraction of sp³-hybridized carbons (Fsp3) is 0.273. The number of benzene rings is 2. The van der Waals surface area contributed by atoms with Crippen LogP contribution in [0.1, 0.15) is 12.8 Å². The molecule has 0 unspecified atom stereocenters. The largest absolute Gasteiger partial charge is 0.494 e. The molecule has 0 bridgehead atoms. The number of hydrogen-bond donors (Lipinski definition) is 2. The van der Waals surface area contributed by atoms with Gasteiger partial charge < -0.3 is 10.2 Å². The predicted octanol–water partition coefficient (Wildman–Crippen LogP) is 4.55. The zero-order valence-electron chi connectivity index (χ0n) is 15.6. The molecule has 29 heavy (non-hydrogen) atoms. The van der Waals surface area contributed by atoms with Crippen LogP contribution in [0.2, 0.25) is 0 Å². The fourth-order valence-corrected chi connectivity index (χ4v) is 6.01. The maximum Gasteiger partial charge on any atom is 0.309 e. The quantitative estimate of drug-likeness (QED) is 0.603. The number of carbonyl (C=O) groups is 1. The number of rotatable bonds is 6. The van der Waals surface area contributed by atoms with Crippen molar-refractivity contribution in [3.63, 3.8) is 0 Å². The second-order valence-corrected chi connectivity index (χ2v) is 9.35. The maximum absolute atomic E-state index is 12.0. The Labute approximate surface area is 176 Å². The Hall–Kier alpha value is -2.51. The van der Waals surface area contributed by atoms with E-state index >= 15 is 0 Å². The standard InChI is InChI=1S/C22H21NO4S2/c24-19-13-28-22(27)23(19)12-16-8-11-18(20(16)21(25)26)29-17-9-6-15(7-10-17)14-4-2-1-3-5-14/h1-7,9-10,13,16,18,20,24H,8,11-12H2,(H,25,26)/t16-,18-,20-/m0/s1. The first-order chi connectivity index (χ1) is 14.0. The van der Waals surface area contributed by atoms with Crippen LogP contribution in [0.25, 0.3) is 11.1 Å². The number of aromatic nitrogens is 1. The minimum absolute atomic E-state index is 0.0587. The molecular weight excluding hydrogens is 406 g/mol. The van der Waals surface area contributed by atoms with E-state index in [0.717, 1.165) is 40.2 Å². The summed E-state index contributed by atoms with van der Waals surface area (Å²) in [6.45, 7) is 0.245. The van der Waals surface area contributed by atoms with Gasteiger partial charge in [0.25, 0.3) is 0 Å². The molecule has 0 aliphatic heterocycles. The monoisotopic (exact) mass is 427 g/mol. The average molecular weight is 428 g/mol. The third kappa shape index (κ3) is 4.26. The van der Waals surface area contributed by atoms with Gasteiger partial charge in [-0.25, -0.2) is 0 Å². The molecule has 2 N–H and O–H groups in total. The van der Waals surface area contributed by atoms with Gasteiger partial charge in [0.15, 0.2) is 0 Å². The molecule has 2 aromatic carbocycles. The van der Waals surface area contributed by atoms with Crippen molar-refractivity contribution in [2.45, 2.75) is 29.5 Å². The summed E-state index contributed by atoms with van der Waals surface area (Å²) >= 11 is 2.52. The number of aliphatic carboxylic acids is 1. The molecule has 1 heterocycles. The summed E-state index contributed by atoms with van der Waals surface area (Å²) in [5.41, 5.74) is 2.27. The number of carboxylic acids is 1. The highest BCUT2D eigenvalue weighted by Crippen LogP contribution is 2.43. The van der Waals surface area contributed by atoms with Crippen molar-refractivity contribution < 1.29 is 15.0 Å². The number of thiazole rings is 1. The topological polar surface area (TPSA) is 79.5 Å². The van der Waals surface area contributed by atoms with Gasteiger partial charge in [0, 0.05) is 16.7 Å². The van der Waals surface area contributed by atoms with Crippen molar-refractivity contribution in [1.29, 1.82) is 0 Å². The molecule has 1 saturated carbocycles. The minimum Gasteiger partial charge on any atom is -0.494 e. The zero-order valence-corrected chi connectivity index (χ0v) is 17.2. The van der Waals surface area contributed by atoms with Gasteiger partial charge in [-0.3, -0.25) is 14.2 Å². The van der Waals surface area contributed by atoms with E-state index in [1.165, 1.54) is 9.95 Å². The van der Waals surface area contributed by atoms with Gasteiger partial charge in [-0.15, -0.1) is 11.8 Å². The van der Waals surface area contributed by atoms with E-state index in [4.69, 9.17) is 0 Å². The highest BCUT2D eigenvalue weighted by atomic mass is 32.2. The lowest BCUT2D eigenvalue weighted by atomic mass is 9.96. The number of aromatic hydroxyl groups is 1. The first kappa shape index (κ1) is 19.8. The number of carboxylic acid groups (broad SMARTS) is 1. The smallest absolute Gasteiger partial charge is 0.309 e. The normalized spacial score (nSPS) is 21.3. The van der Waals surface area contributed by atoms with Crippen LogP contribution in [0, 0.1) is 11.8 Å². The molecule has 1 aliphatic rings. The Morgan fingerprint density at radius 2 is 1.76 bits per heavy atom. The van der Waals surface area contributed by atoms with Crippen molar-refractivity contribution >= 4 is 29.1 Å². The van der Waals surface area contributed by atoms with Gasteiger partial charge >= 0.3 is 10.8 Å². The molecule has 1 fully saturated rings. The van der Waals surface area contributed by atoms with Crippen LogP contribution in [0.5, 0.6) is 5.88 Å². The number of nitrogens with zero attached hydrogens (tertiary/aromatic N) is 1. The number of hydrogen-bond acceptors (Lipinski definition) is 5. The lowest BCUT2D eigenvalue weighted by molar-refractivity contribution is -0.142. The second kappa shape index (κ2) is 8.47. The molecule has 150 valence electrons. The summed E-state index contributed by atoms with van der Waals surface area (Å²) in [7, 11) is 0. The Morgan fingerprint density at radius 1 is 1.07 bits per heavy atom. The third-order valence-corrected chi connectivity index (χ3v) is 7.57. The Kier molecular flexibility index (Phi) is 5.78. The van der Waals surface area contributed by atoms with E-state index in [1.807, 2.05) is 30.3 Å². The van der Waals surface area contributed by atoms with Crippen LogP contribution < -0.4 is 4.87 Å². The Morgan fingerprint density at radius 3 is 2.38 bits per heavy atom. The van der Waals surface area contributed by atoms with Crippen molar-refractivity contribution in [3.8, 4) is 17.0 Å². The maximum atomic E-state index is 12.0. The van der Waals surface area contributed by atoms with Gasteiger partial charge in [-0.2, -0.15) is 0 Å². The first-order valence-electron chi connectivity index (χ1n) is 9.45. The molecule has 3 aromatic rings. The highest BCUT2D eigenvalue weighted by Gasteiger charge is 2.42. The lowest BCUT2D eigenvalue weighted by Crippen LogP contribution is -2.30. The van der Waals surface area contributed by atoms with Crippen LogP contribution in [0.3, 0.4) is 0 Å². The van der Waals surface area contributed by atoms with Crippen LogP contribution in [0.15, 0.2) is 69.7 Å². The molecular formula is C22H21NO4S2. The summed E-state index contributed by atoms with van der Waals surface area (Å²) in [4.78, 5) is 24.7. The van der Waals surface area contributed by atoms with Gasteiger partial charge in [-0.1, -0.05) is 53.8 Å². The van der Waals surface area contributed by atoms with E-state index in [-0.39, 0.29) is 28.5 Å². The average Bonchev–Trinajstić information content (AvgIpc) is 3.27. The van der Waals surface area contributed by atoms with E-state index in [1.54, 1.807) is 11.8 Å². The molecule has 0 saturated heterocycles. The fourth-order valence-electron chi connectivity index (χ4n) is 4.00. The minimum atomic E-state index is -0.839. The molecule has 3 atom stereocenters. The van der Waals surface area contributed by atoms with E-state index in [0.29, 0.717) is 0 Å². The van der Waals surface area contributed by atoms with Gasteiger partial charge in [0.05, 0.1) is 11.3 Å². The Balaban J connectivity index is 1.48. The van der Waals surface area contributed by atoms with Crippen molar-refractivity contribution in [3.05, 3.63) is 69.6 Å². The van der Waals surface area contributed by atoms with Crippen LogP contribution in [-0.4, -0.2) is 26.0 Å². The number of thioether (sulfide) groups is 1. The highest BCUT2D eigenvalue weighted by molar-refractivity contribution is 8.00. The lowest BCUT2D eigenvalue weighted by Gasteiger charge is -2.21. The van der Waals surface area contributed by atoms with E-state index in [9.17, 15) is 19.8 Å². The SMILES string of the molecule is O=C(O)[C@H]1[C@H](Cn2c(O)csc2=O)CC[C@@H]1Sc1ccc(-c2ccccc2)cc1. The van der Waals surface area contributed by atoms with E-state index < -0.39 is 11.9 Å². The molecule has 0 spiro atoms. The van der Waals surface area contributed by atoms with Crippen molar-refractivity contribution in [2.24, 2.45) is 11.8 Å². The predicted molar refractivity (Wildman–Crippen MR) is 116 cm³/mol. The summed E-state index contributed by atoms with van der Waals surface area (Å²) in [6.07, 6.45) is 1.49. The summed E-state index contributed by atoms with van der Waals surface area (Å²) in [5, 5.41) is 21.0. The molecule has 0 radical (unpaired) electrons. The van der Waals surface area contributed by atoms with Crippen molar-refractivity contribution in [2.75, 3.05) is 0 Å². The van der Waals surface area contributed by atoms with Crippen LogP contribution in [-0.2, 0) is 11.3 Å². The van der Waals surface area contributed by atoms with Gasteiger partial charge in [-0.05, 0) is 42.0 Å². The molecule has 7 heteroatoms. The second-order valence-electron chi connectivity index (χ2n) is 7.22. The molecule has 1 aliphatic carbocycles. The Bertz CT molecular complexity index is 1040. The molecule has 0 amide bonds. The molecule has 4 rings (SSSR count). The van der Waals surface area contributed by atoms with Gasteiger partial charge in [0.2, 0.25) is 5.88 Å². The first-order valence-corrected chi connectivity index (χ1v) is 11.2. The zero-order chi connectivity index (χ0) is 20.4. The third-order valence-electron chi connectivity index (χ3n) is 5.44. The van der Waals surface area contributed by atoms with E-state index in [2.05, 4.69) is 24.3 Å².